The van der Waals surface area contributed by atoms with E-state index in [9.17, 15) is 4.79 Å². The van der Waals surface area contributed by atoms with E-state index in [-0.39, 0.29) is 5.91 Å². The first-order chi connectivity index (χ1) is 8.93. The lowest BCUT2D eigenvalue weighted by atomic mass is 10.0. The van der Waals surface area contributed by atoms with Gasteiger partial charge in [-0.25, -0.2) is 0 Å². The molecule has 1 rings (SSSR count). The molecule has 1 aromatic rings. The number of carbonyl (C=O) groups is 1. The summed E-state index contributed by atoms with van der Waals surface area (Å²) in [6.07, 6.45) is 1.31. The van der Waals surface area contributed by atoms with E-state index in [0.29, 0.717) is 24.5 Å². The van der Waals surface area contributed by atoms with Crippen molar-refractivity contribution in [3.63, 3.8) is 0 Å². The highest BCUT2D eigenvalue weighted by atomic mass is 32.1. The average molecular weight is 278 g/mol. The number of benzene rings is 1. The Kier molecular flexibility index (Phi) is 5.96. The minimum atomic E-state index is 0.0814. The predicted octanol–water partition coefficient (Wildman–Crippen LogP) is 2.37. The highest BCUT2D eigenvalue weighted by Crippen LogP contribution is 2.11. The fourth-order valence-electron chi connectivity index (χ4n) is 1.95. The third-order valence-electron chi connectivity index (χ3n) is 3.12. The van der Waals surface area contributed by atoms with Crippen molar-refractivity contribution in [1.29, 1.82) is 0 Å². The highest BCUT2D eigenvalue weighted by Gasteiger charge is 2.14. The van der Waals surface area contributed by atoms with Crippen molar-refractivity contribution >= 4 is 23.1 Å². The van der Waals surface area contributed by atoms with E-state index < -0.39 is 0 Å². The lowest BCUT2D eigenvalue weighted by Gasteiger charge is -2.21. The van der Waals surface area contributed by atoms with Gasteiger partial charge in [0.15, 0.2) is 0 Å². The topological polar surface area (TPSA) is 46.3 Å². The third kappa shape index (κ3) is 4.99. The van der Waals surface area contributed by atoms with Gasteiger partial charge in [0.05, 0.1) is 18.0 Å². The van der Waals surface area contributed by atoms with Crippen LogP contribution in [0.25, 0.3) is 0 Å². The number of thiocarbonyl (C=S) groups is 1. The summed E-state index contributed by atoms with van der Waals surface area (Å²) in [4.78, 5) is 14.3. The van der Waals surface area contributed by atoms with E-state index in [1.165, 1.54) is 11.1 Å². The molecule has 2 N–H and O–H groups in total. The average Bonchev–Trinajstić information content (AvgIpc) is 2.33. The van der Waals surface area contributed by atoms with E-state index >= 15 is 0 Å². The van der Waals surface area contributed by atoms with Crippen LogP contribution in [-0.4, -0.2) is 28.9 Å². The molecular formula is C15H22N2OS. The zero-order valence-electron chi connectivity index (χ0n) is 11.9. The Morgan fingerprint density at radius 3 is 2.53 bits per heavy atom. The lowest BCUT2D eigenvalue weighted by Crippen LogP contribution is -2.39. The molecule has 0 atom stereocenters. The molecule has 0 unspecified atom stereocenters. The summed E-state index contributed by atoms with van der Waals surface area (Å²) in [6, 6.07) is 6.12. The number of nitrogens with two attached hydrogens (primary N) is 1. The number of aryl methyl sites for hydroxylation is 2. The van der Waals surface area contributed by atoms with E-state index in [0.717, 1.165) is 12.0 Å². The van der Waals surface area contributed by atoms with Gasteiger partial charge in [-0.2, -0.15) is 0 Å². The van der Waals surface area contributed by atoms with Crippen LogP contribution in [0.2, 0.25) is 0 Å². The van der Waals surface area contributed by atoms with Crippen molar-refractivity contribution in [2.24, 2.45) is 5.73 Å². The van der Waals surface area contributed by atoms with Crippen LogP contribution in [0.3, 0.4) is 0 Å². The molecule has 0 spiro atoms. The van der Waals surface area contributed by atoms with Crippen LogP contribution >= 0.6 is 12.2 Å². The number of amides is 1. The van der Waals surface area contributed by atoms with Crippen LogP contribution < -0.4 is 5.73 Å². The second kappa shape index (κ2) is 7.24. The van der Waals surface area contributed by atoms with Crippen LogP contribution in [0.15, 0.2) is 18.2 Å². The molecular weight excluding hydrogens is 256 g/mol. The van der Waals surface area contributed by atoms with Crippen molar-refractivity contribution in [2.75, 3.05) is 13.1 Å². The first-order valence-corrected chi connectivity index (χ1v) is 6.97. The van der Waals surface area contributed by atoms with Crippen LogP contribution in [0.4, 0.5) is 0 Å². The molecule has 0 saturated carbocycles. The van der Waals surface area contributed by atoms with Crippen molar-refractivity contribution in [2.45, 2.75) is 33.6 Å². The number of rotatable bonds is 6. The normalized spacial score (nSPS) is 10.3. The lowest BCUT2D eigenvalue weighted by molar-refractivity contribution is -0.129. The first kappa shape index (κ1) is 15.6. The molecule has 4 heteroatoms. The van der Waals surface area contributed by atoms with E-state index in [2.05, 4.69) is 26.0 Å². The standard InChI is InChI=1S/C15H22N2OS/c1-4-7-17(10-14(16)19)15(18)9-13-6-5-11(2)12(3)8-13/h5-6,8H,4,7,9-10H2,1-3H3,(H2,16,19). The largest absolute Gasteiger partial charge is 0.392 e. The summed E-state index contributed by atoms with van der Waals surface area (Å²) in [5.74, 6) is 0.0814. The number of nitrogens with zero attached hydrogens (tertiary/aromatic N) is 1. The second-order valence-corrected chi connectivity index (χ2v) is 5.40. The minimum absolute atomic E-state index is 0.0814. The fourth-order valence-corrected chi connectivity index (χ4v) is 2.11. The molecule has 0 aliphatic rings. The maximum absolute atomic E-state index is 12.2. The first-order valence-electron chi connectivity index (χ1n) is 6.56. The molecule has 0 fully saturated rings. The summed E-state index contributed by atoms with van der Waals surface area (Å²) < 4.78 is 0. The zero-order valence-corrected chi connectivity index (χ0v) is 12.7. The molecule has 3 nitrogen and oxygen atoms in total. The Labute approximate surface area is 120 Å². The van der Waals surface area contributed by atoms with Gasteiger partial charge in [0.2, 0.25) is 5.91 Å². The SMILES string of the molecule is CCCN(CC(N)=S)C(=O)Cc1ccc(C)c(C)c1. The van der Waals surface area contributed by atoms with Gasteiger partial charge < -0.3 is 10.6 Å². The predicted molar refractivity (Wildman–Crippen MR) is 83.3 cm³/mol. The van der Waals surface area contributed by atoms with Gasteiger partial charge in [0.25, 0.3) is 0 Å². The Balaban J connectivity index is 2.74. The van der Waals surface area contributed by atoms with Gasteiger partial charge in [-0.1, -0.05) is 37.3 Å². The van der Waals surface area contributed by atoms with Crippen molar-refractivity contribution in [1.82, 2.24) is 4.90 Å². The van der Waals surface area contributed by atoms with Crippen molar-refractivity contribution in [3.8, 4) is 0 Å². The molecule has 1 aromatic carbocycles. The van der Waals surface area contributed by atoms with E-state index in [4.69, 9.17) is 18.0 Å². The van der Waals surface area contributed by atoms with Crippen molar-refractivity contribution < 1.29 is 4.79 Å². The molecule has 1 amide bonds. The Bertz CT molecular complexity index is 471. The van der Waals surface area contributed by atoms with Crippen LogP contribution in [0, 0.1) is 13.8 Å². The third-order valence-corrected chi connectivity index (χ3v) is 3.25. The van der Waals surface area contributed by atoms with E-state index in [1.807, 2.05) is 13.0 Å². The van der Waals surface area contributed by atoms with Gasteiger partial charge in [-0.3, -0.25) is 4.79 Å². The van der Waals surface area contributed by atoms with Crippen LogP contribution in [0.1, 0.15) is 30.0 Å². The van der Waals surface area contributed by atoms with Gasteiger partial charge in [-0.15, -0.1) is 0 Å². The van der Waals surface area contributed by atoms with Gasteiger partial charge in [-0.05, 0) is 37.0 Å². The van der Waals surface area contributed by atoms with Gasteiger partial charge in [0.1, 0.15) is 0 Å². The molecule has 0 aromatic heterocycles. The maximum Gasteiger partial charge on any atom is 0.227 e. The smallest absolute Gasteiger partial charge is 0.227 e. The van der Waals surface area contributed by atoms with Crippen LogP contribution in [-0.2, 0) is 11.2 Å². The summed E-state index contributed by atoms with van der Waals surface area (Å²) >= 11 is 4.89. The number of carbonyl (C=O) groups excluding carboxylic acids is 1. The quantitative estimate of drug-likeness (QED) is 0.813. The molecule has 0 saturated heterocycles. The number of hydrogen-bond acceptors (Lipinski definition) is 2. The Hall–Kier alpha value is -1.42. The monoisotopic (exact) mass is 278 g/mol. The molecule has 19 heavy (non-hydrogen) atoms. The zero-order chi connectivity index (χ0) is 14.4. The Morgan fingerprint density at radius 1 is 1.32 bits per heavy atom. The molecule has 0 radical (unpaired) electrons. The van der Waals surface area contributed by atoms with Crippen molar-refractivity contribution in [3.05, 3.63) is 34.9 Å². The molecule has 0 aliphatic carbocycles. The maximum atomic E-state index is 12.2. The van der Waals surface area contributed by atoms with E-state index in [1.54, 1.807) is 4.90 Å². The van der Waals surface area contributed by atoms with Gasteiger partial charge in [0, 0.05) is 6.54 Å². The van der Waals surface area contributed by atoms with Crippen LogP contribution in [0.5, 0.6) is 0 Å². The molecule has 0 aliphatic heterocycles. The fraction of sp³-hybridized carbons (Fsp3) is 0.467. The molecule has 0 heterocycles. The number of hydrogen-bond donors (Lipinski definition) is 1. The summed E-state index contributed by atoms with van der Waals surface area (Å²) in [5.41, 5.74) is 9.03. The van der Waals surface area contributed by atoms with Gasteiger partial charge >= 0.3 is 0 Å². The summed E-state index contributed by atoms with van der Waals surface area (Å²) in [5, 5.41) is 0. The highest BCUT2D eigenvalue weighted by molar-refractivity contribution is 7.80. The summed E-state index contributed by atoms with van der Waals surface area (Å²) in [7, 11) is 0. The Morgan fingerprint density at radius 2 is 2.00 bits per heavy atom. The summed E-state index contributed by atoms with van der Waals surface area (Å²) in [6.45, 7) is 7.23. The molecule has 104 valence electrons. The second-order valence-electron chi connectivity index (χ2n) is 4.88. The minimum Gasteiger partial charge on any atom is -0.392 e. The molecule has 0 bridgehead atoms.